The SMILES string of the molecule is Cc1ccc(C)c(NC(C)c2ccc(Br)s2)c1. The fraction of sp³-hybridized carbons (Fsp3) is 0.286. The molecule has 1 atom stereocenters. The molecular formula is C14H16BrNS. The fourth-order valence-electron chi connectivity index (χ4n) is 1.76. The van der Waals surface area contributed by atoms with Gasteiger partial charge in [0.25, 0.3) is 0 Å². The molecule has 0 saturated carbocycles. The third kappa shape index (κ3) is 3.11. The average Bonchev–Trinajstić information content (AvgIpc) is 2.70. The summed E-state index contributed by atoms with van der Waals surface area (Å²) in [5, 5.41) is 3.57. The normalized spacial score (nSPS) is 12.5. The monoisotopic (exact) mass is 309 g/mol. The first-order chi connectivity index (χ1) is 8.06. The van der Waals surface area contributed by atoms with Crippen LogP contribution in [0.3, 0.4) is 0 Å². The number of rotatable bonds is 3. The maximum Gasteiger partial charge on any atom is 0.0702 e. The Morgan fingerprint density at radius 1 is 1.18 bits per heavy atom. The van der Waals surface area contributed by atoms with Crippen molar-refractivity contribution in [3.05, 3.63) is 50.1 Å². The Morgan fingerprint density at radius 2 is 1.94 bits per heavy atom. The van der Waals surface area contributed by atoms with Crippen LogP contribution in [0.25, 0.3) is 0 Å². The molecule has 1 nitrogen and oxygen atoms in total. The Labute approximate surface area is 115 Å². The van der Waals surface area contributed by atoms with E-state index in [1.54, 1.807) is 11.3 Å². The minimum Gasteiger partial charge on any atom is -0.377 e. The molecule has 90 valence electrons. The molecule has 1 aromatic heterocycles. The summed E-state index contributed by atoms with van der Waals surface area (Å²) in [5.74, 6) is 0. The van der Waals surface area contributed by atoms with Gasteiger partial charge in [-0.1, -0.05) is 12.1 Å². The van der Waals surface area contributed by atoms with Gasteiger partial charge in [-0.05, 0) is 66.0 Å². The van der Waals surface area contributed by atoms with E-state index < -0.39 is 0 Å². The first-order valence-corrected chi connectivity index (χ1v) is 7.26. The van der Waals surface area contributed by atoms with Gasteiger partial charge in [-0.25, -0.2) is 0 Å². The molecule has 3 heteroatoms. The highest BCUT2D eigenvalue weighted by Gasteiger charge is 2.09. The van der Waals surface area contributed by atoms with Gasteiger partial charge in [-0.2, -0.15) is 0 Å². The largest absolute Gasteiger partial charge is 0.377 e. The van der Waals surface area contributed by atoms with Crippen molar-refractivity contribution >= 4 is 33.0 Å². The molecule has 2 rings (SSSR count). The van der Waals surface area contributed by atoms with Crippen molar-refractivity contribution in [2.24, 2.45) is 0 Å². The molecule has 1 aromatic carbocycles. The van der Waals surface area contributed by atoms with Crippen molar-refractivity contribution in [3.8, 4) is 0 Å². The van der Waals surface area contributed by atoms with Crippen LogP contribution in [-0.4, -0.2) is 0 Å². The van der Waals surface area contributed by atoms with Crippen molar-refractivity contribution in [1.29, 1.82) is 0 Å². The van der Waals surface area contributed by atoms with Gasteiger partial charge in [0.2, 0.25) is 0 Å². The van der Waals surface area contributed by atoms with Crippen LogP contribution in [0.2, 0.25) is 0 Å². The topological polar surface area (TPSA) is 12.0 Å². The molecular weight excluding hydrogens is 294 g/mol. The van der Waals surface area contributed by atoms with Crippen LogP contribution < -0.4 is 5.32 Å². The zero-order valence-electron chi connectivity index (χ0n) is 10.3. The number of hydrogen-bond donors (Lipinski definition) is 1. The van der Waals surface area contributed by atoms with Gasteiger partial charge >= 0.3 is 0 Å². The molecule has 0 fully saturated rings. The van der Waals surface area contributed by atoms with Gasteiger partial charge < -0.3 is 5.32 Å². The second-order valence-corrected chi connectivity index (χ2v) is 6.82. The van der Waals surface area contributed by atoms with Crippen molar-refractivity contribution in [1.82, 2.24) is 0 Å². The Balaban J connectivity index is 2.18. The van der Waals surface area contributed by atoms with Crippen molar-refractivity contribution in [2.75, 3.05) is 5.32 Å². The number of anilines is 1. The number of halogens is 1. The van der Waals surface area contributed by atoms with Gasteiger partial charge in [-0.3, -0.25) is 0 Å². The highest BCUT2D eigenvalue weighted by Crippen LogP contribution is 2.30. The zero-order valence-corrected chi connectivity index (χ0v) is 12.7. The lowest BCUT2D eigenvalue weighted by molar-refractivity contribution is 0.905. The Morgan fingerprint density at radius 3 is 2.59 bits per heavy atom. The highest BCUT2D eigenvalue weighted by molar-refractivity contribution is 9.11. The van der Waals surface area contributed by atoms with E-state index in [0.717, 1.165) is 0 Å². The number of nitrogens with one attached hydrogen (secondary N) is 1. The minimum atomic E-state index is 0.340. The van der Waals surface area contributed by atoms with Gasteiger partial charge in [0, 0.05) is 10.6 Å². The predicted molar refractivity (Wildman–Crippen MR) is 80.0 cm³/mol. The lowest BCUT2D eigenvalue weighted by atomic mass is 10.1. The van der Waals surface area contributed by atoms with Gasteiger partial charge in [0.15, 0.2) is 0 Å². The summed E-state index contributed by atoms with van der Waals surface area (Å²) in [6, 6.07) is 11.1. The van der Waals surface area contributed by atoms with E-state index in [1.165, 1.54) is 25.5 Å². The van der Waals surface area contributed by atoms with Crippen LogP contribution in [0, 0.1) is 13.8 Å². The van der Waals surface area contributed by atoms with E-state index in [4.69, 9.17) is 0 Å². The summed E-state index contributed by atoms with van der Waals surface area (Å²) in [4.78, 5) is 1.35. The van der Waals surface area contributed by atoms with E-state index >= 15 is 0 Å². The zero-order chi connectivity index (χ0) is 12.4. The molecule has 0 amide bonds. The van der Waals surface area contributed by atoms with Crippen molar-refractivity contribution in [3.63, 3.8) is 0 Å². The lowest BCUT2D eigenvalue weighted by Crippen LogP contribution is -2.06. The number of aryl methyl sites for hydroxylation is 2. The lowest BCUT2D eigenvalue weighted by Gasteiger charge is -2.16. The van der Waals surface area contributed by atoms with E-state index in [9.17, 15) is 0 Å². The maximum atomic E-state index is 3.57. The smallest absolute Gasteiger partial charge is 0.0702 e. The van der Waals surface area contributed by atoms with Crippen LogP contribution in [0.5, 0.6) is 0 Å². The van der Waals surface area contributed by atoms with E-state index in [0.29, 0.717) is 6.04 Å². The quantitative estimate of drug-likeness (QED) is 0.811. The van der Waals surface area contributed by atoms with Crippen molar-refractivity contribution < 1.29 is 0 Å². The van der Waals surface area contributed by atoms with Gasteiger partial charge in [0.1, 0.15) is 0 Å². The molecule has 17 heavy (non-hydrogen) atoms. The molecule has 0 aliphatic carbocycles. The van der Waals surface area contributed by atoms with Crippen LogP contribution >= 0.6 is 27.3 Å². The molecule has 0 aliphatic heterocycles. The number of thiophene rings is 1. The predicted octanol–water partition coefficient (Wildman–Crippen LogP) is 5.30. The van der Waals surface area contributed by atoms with Crippen molar-refractivity contribution in [2.45, 2.75) is 26.8 Å². The van der Waals surface area contributed by atoms with Crippen LogP contribution in [0.15, 0.2) is 34.1 Å². The Bertz CT molecular complexity index is 519. The van der Waals surface area contributed by atoms with Crippen LogP contribution in [0.1, 0.15) is 29.0 Å². The number of benzene rings is 1. The molecule has 2 aromatic rings. The third-order valence-corrected chi connectivity index (χ3v) is 4.59. The summed E-state index contributed by atoms with van der Waals surface area (Å²) in [6.45, 7) is 6.45. The third-order valence-electron chi connectivity index (χ3n) is 2.79. The van der Waals surface area contributed by atoms with E-state index in [2.05, 4.69) is 72.3 Å². The summed E-state index contributed by atoms with van der Waals surface area (Å²) in [7, 11) is 0. The van der Waals surface area contributed by atoms with E-state index in [-0.39, 0.29) is 0 Å². The first-order valence-electron chi connectivity index (χ1n) is 5.65. The summed E-state index contributed by atoms with van der Waals surface area (Å²) in [6.07, 6.45) is 0. The molecule has 0 radical (unpaired) electrons. The van der Waals surface area contributed by atoms with Gasteiger partial charge in [0.05, 0.1) is 9.83 Å². The average molecular weight is 310 g/mol. The molecule has 0 bridgehead atoms. The standard InChI is InChI=1S/C14H16BrNS/c1-9-4-5-10(2)12(8-9)16-11(3)13-6-7-14(15)17-13/h4-8,11,16H,1-3H3. The highest BCUT2D eigenvalue weighted by atomic mass is 79.9. The van der Waals surface area contributed by atoms with Crippen LogP contribution in [-0.2, 0) is 0 Å². The Hall–Kier alpha value is -0.800. The summed E-state index contributed by atoms with van der Waals surface area (Å²) >= 11 is 5.28. The molecule has 0 saturated heterocycles. The molecule has 0 aliphatic rings. The first kappa shape index (κ1) is 12.7. The molecule has 1 N–H and O–H groups in total. The van der Waals surface area contributed by atoms with Crippen LogP contribution in [0.4, 0.5) is 5.69 Å². The summed E-state index contributed by atoms with van der Waals surface area (Å²) in [5.41, 5.74) is 3.80. The van der Waals surface area contributed by atoms with Gasteiger partial charge in [-0.15, -0.1) is 11.3 Å². The van der Waals surface area contributed by atoms with E-state index in [1.807, 2.05) is 0 Å². The fourth-order valence-corrected chi connectivity index (χ4v) is 3.18. The summed E-state index contributed by atoms with van der Waals surface area (Å²) < 4.78 is 1.18. The second-order valence-electron chi connectivity index (χ2n) is 4.33. The Kier molecular flexibility index (Phi) is 3.89. The maximum absolute atomic E-state index is 3.57. The molecule has 0 spiro atoms. The second kappa shape index (κ2) is 5.23. The molecule has 1 heterocycles. The number of hydrogen-bond acceptors (Lipinski definition) is 2. The minimum absolute atomic E-state index is 0.340. The molecule has 1 unspecified atom stereocenters.